The number of ether oxygens (including phenoxy) is 2. The van der Waals surface area contributed by atoms with E-state index in [1.54, 1.807) is 30.5 Å². The number of aliphatic hydroxyl groups excluding tert-OH is 1. The Hall–Kier alpha value is -3.12. The van der Waals surface area contributed by atoms with Crippen molar-refractivity contribution in [2.45, 2.75) is 6.61 Å². The van der Waals surface area contributed by atoms with Crippen molar-refractivity contribution in [2.24, 2.45) is 0 Å². The highest BCUT2D eigenvalue weighted by atomic mass is 16.5. The van der Waals surface area contributed by atoms with Crippen LogP contribution in [0.15, 0.2) is 42.6 Å². The third-order valence-corrected chi connectivity index (χ3v) is 4.49. The zero-order chi connectivity index (χ0) is 19.6. The lowest BCUT2D eigenvalue weighted by molar-refractivity contribution is 0.104. The summed E-state index contributed by atoms with van der Waals surface area (Å²) in [5.74, 6) is 0.695. The highest BCUT2D eigenvalue weighted by Crippen LogP contribution is 2.39. The van der Waals surface area contributed by atoms with Gasteiger partial charge >= 0.3 is 0 Å². The van der Waals surface area contributed by atoms with Crippen LogP contribution in [0.3, 0.4) is 0 Å². The summed E-state index contributed by atoms with van der Waals surface area (Å²) in [6, 6.07) is 10.8. The first-order valence-corrected chi connectivity index (χ1v) is 8.47. The lowest BCUT2D eigenvalue weighted by Gasteiger charge is -2.16. The first-order chi connectivity index (χ1) is 13.0. The molecule has 27 heavy (non-hydrogen) atoms. The Bertz CT molecular complexity index is 982. The Morgan fingerprint density at radius 2 is 1.74 bits per heavy atom. The van der Waals surface area contributed by atoms with Gasteiger partial charge in [-0.3, -0.25) is 9.78 Å². The summed E-state index contributed by atoms with van der Waals surface area (Å²) < 4.78 is 10.8. The van der Waals surface area contributed by atoms with Crippen molar-refractivity contribution < 1.29 is 19.4 Å². The van der Waals surface area contributed by atoms with E-state index in [9.17, 15) is 9.90 Å². The van der Waals surface area contributed by atoms with Gasteiger partial charge < -0.3 is 19.5 Å². The number of carbonyl (C=O) groups is 1. The van der Waals surface area contributed by atoms with Gasteiger partial charge in [-0.1, -0.05) is 0 Å². The molecular weight excluding hydrogens is 344 g/mol. The maximum atomic E-state index is 13.1. The Morgan fingerprint density at radius 1 is 1.07 bits per heavy atom. The molecule has 0 radical (unpaired) electrons. The molecule has 0 bridgehead atoms. The number of ketones is 1. The van der Waals surface area contributed by atoms with Gasteiger partial charge in [-0.2, -0.15) is 0 Å². The minimum atomic E-state index is -0.241. The molecular formula is C21H22N2O4. The number of fused-ring (bicyclic) bond motifs is 1. The molecule has 140 valence electrons. The number of rotatable bonds is 6. The van der Waals surface area contributed by atoms with Crippen LogP contribution in [0.4, 0.5) is 5.69 Å². The van der Waals surface area contributed by atoms with Crippen LogP contribution in [-0.2, 0) is 6.61 Å². The van der Waals surface area contributed by atoms with Gasteiger partial charge in [-0.25, -0.2) is 0 Å². The van der Waals surface area contributed by atoms with E-state index in [4.69, 9.17) is 9.47 Å². The van der Waals surface area contributed by atoms with Gasteiger partial charge in [-0.05, 0) is 36.4 Å². The van der Waals surface area contributed by atoms with Crippen molar-refractivity contribution >= 4 is 22.4 Å². The van der Waals surface area contributed by atoms with E-state index in [1.807, 2.05) is 31.1 Å². The topological polar surface area (TPSA) is 71.9 Å². The molecule has 6 nitrogen and oxygen atoms in total. The van der Waals surface area contributed by atoms with Crippen LogP contribution in [0.1, 0.15) is 21.5 Å². The zero-order valence-corrected chi connectivity index (χ0v) is 15.8. The van der Waals surface area contributed by atoms with E-state index in [2.05, 4.69) is 4.98 Å². The van der Waals surface area contributed by atoms with E-state index < -0.39 is 0 Å². The van der Waals surface area contributed by atoms with Crippen LogP contribution in [0, 0.1) is 0 Å². The number of anilines is 1. The molecule has 3 rings (SSSR count). The summed E-state index contributed by atoms with van der Waals surface area (Å²) in [4.78, 5) is 19.5. The third kappa shape index (κ3) is 3.31. The molecule has 0 unspecified atom stereocenters. The fraction of sp³-hybridized carbons (Fsp3) is 0.238. The van der Waals surface area contributed by atoms with E-state index >= 15 is 0 Å². The largest absolute Gasteiger partial charge is 0.492 e. The first kappa shape index (κ1) is 18.7. The molecule has 0 amide bonds. The fourth-order valence-electron chi connectivity index (χ4n) is 3.09. The second-order valence-electron chi connectivity index (χ2n) is 6.29. The normalized spacial score (nSPS) is 10.7. The molecule has 0 saturated heterocycles. The number of carbonyl (C=O) groups excluding carboxylic acids is 1. The third-order valence-electron chi connectivity index (χ3n) is 4.49. The summed E-state index contributed by atoms with van der Waals surface area (Å²) in [6.45, 7) is -0.241. The van der Waals surface area contributed by atoms with Gasteiger partial charge in [0.05, 0.1) is 20.8 Å². The minimum Gasteiger partial charge on any atom is -0.492 e. The molecule has 2 aromatic carbocycles. The number of pyridine rings is 1. The second kappa shape index (κ2) is 7.63. The number of hydrogen-bond acceptors (Lipinski definition) is 6. The molecule has 0 atom stereocenters. The molecule has 0 spiro atoms. The molecule has 3 aromatic rings. The maximum absolute atomic E-state index is 13.1. The lowest BCUT2D eigenvalue weighted by atomic mass is 9.97. The van der Waals surface area contributed by atoms with E-state index in [0.717, 1.165) is 5.69 Å². The van der Waals surface area contributed by atoms with Crippen LogP contribution in [-0.4, -0.2) is 44.2 Å². The number of nitrogens with zero attached hydrogens (tertiary/aromatic N) is 2. The van der Waals surface area contributed by atoms with Crippen molar-refractivity contribution in [3.05, 3.63) is 59.3 Å². The number of benzene rings is 2. The van der Waals surface area contributed by atoms with E-state index in [-0.39, 0.29) is 12.4 Å². The summed E-state index contributed by atoms with van der Waals surface area (Å²) in [7, 11) is 6.91. The van der Waals surface area contributed by atoms with E-state index in [1.165, 1.54) is 14.2 Å². The average molecular weight is 366 g/mol. The molecule has 6 heteroatoms. The van der Waals surface area contributed by atoms with Gasteiger partial charge in [0, 0.05) is 48.1 Å². The SMILES string of the molecule is COc1c(CO)cc2c(C(=O)c3ccc(N(C)C)cc3)ccnc2c1OC. The highest BCUT2D eigenvalue weighted by Gasteiger charge is 2.20. The summed E-state index contributed by atoms with van der Waals surface area (Å²) in [5.41, 5.74) is 3.14. The first-order valence-electron chi connectivity index (χ1n) is 8.47. The zero-order valence-electron chi connectivity index (χ0n) is 15.8. The Labute approximate surface area is 158 Å². The number of aliphatic hydroxyl groups is 1. The number of aromatic nitrogens is 1. The van der Waals surface area contributed by atoms with Crippen molar-refractivity contribution in [3.63, 3.8) is 0 Å². The van der Waals surface area contributed by atoms with Crippen LogP contribution < -0.4 is 14.4 Å². The molecule has 0 aliphatic carbocycles. The van der Waals surface area contributed by atoms with Crippen molar-refractivity contribution in [1.29, 1.82) is 0 Å². The standard InChI is InChI=1S/C21H22N2O4/c1-23(2)15-7-5-13(6-8-15)19(25)16-9-10-22-18-17(16)11-14(12-24)20(26-3)21(18)27-4/h5-11,24H,12H2,1-4H3. The highest BCUT2D eigenvalue weighted by molar-refractivity contribution is 6.16. The fourth-order valence-corrected chi connectivity index (χ4v) is 3.09. The van der Waals surface area contributed by atoms with Crippen LogP contribution >= 0.6 is 0 Å². The quantitative estimate of drug-likeness (QED) is 0.676. The van der Waals surface area contributed by atoms with Gasteiger partial charge in [0.15, 0.2) is 17.3 Å². The smallest absolute Gasteiger partial charge is 0.193 e. The molecule has 0 saturated carbocycles. The molecule has 0 aliphatic heterocycles. The molecule has 1 aromatic heterocycles. The molecule has 0 fully saturated rings. The summed E-state index contributed by atoms with van der Waals surface area (Å²) >= 11 is 0. The Morgan fingerprint density at radius 3 is 2.30 bits per heavy atom. The van der Waals surface area contributed by atoms with Crippen molar-refractivity contribution in [2.75, 3.05) is 33.2 Å². The monoisotopic (exact) mass is 366 g/mol. The maximum Gasteiger partial charge on any atom is 0.193 e. The summed E-state index contributed by atoms with van der Waals surface area (Å²) in [6.07, 6.45) is 1.57. The van der Waals surface area contributed by atoms with Crippen LogP contribution in [0.25, 0.3) is 10.9 Å². The minimum absolute atomic E-state index is 0.121. The summed E-state index contributed by atoms with van der Waals surface area (Å²) in [5, 5.41) is 10.3. The predicted molar refractivity (Wildman–Crippen MR) is 105 cm³/mol. The lowest BCUT2D eigenvalue weighted by Crippen LogP contribution is -2.09. The van der Waals surface area contributed by atoms with E-state index in [0.29, 0.717) is 39.1 Å². The van der Waals surface area contributed by atoms with Crippen molar-refractivity contribution in [1.82, 2.24) is 4.98 Å². The predicted octanol–water partition coefficient (Wildman–Crippen LogP) is 3.04. The average Bonchev–Trinajstić information content (AvgIpc) is 2.71. The van der Waals surface area contributed by atoms with Gasteiger partial charge in [-0.15, -0.1) is 0 Å². The molecule has 1 N–H and O–H groups in total. The Balaban J connectivity index is 2.18. The molecule has 0 aliphatic rings. The van der Waals surface area contributed by atoms with Gasteiger partial charge in [0.2, 0.25) is 0 Å². The van der Waals surface area contributed by atoms with Crippen LogP contribution in [0.2, 0.25) is 0 Å². The number of hydrogen-bond donors (Lipinski definition) is 1. The van der Waals surface area contributed by atoms with Crippen LogP contribution in [0.5, 0.6) is 11.5 Å². The van der Waals surface area contributed by atoms with Gasteiger partial charge in [0.1, 0.15) is 5.52 Å². The molecule has 1 heterocycles. The van der Waals surface area contributed by atoms with Gasteiger partial charge in [0.25, 0.3) is 0 Å². The second-order valence-corrected chi connectivity index (χ2v) is 6.29. The number of methoxy groups -OCH3 is 2. The van der Waals surface area contributed by atoms with Crippen molar-refractivity contribution in [3.8, 4) is 11.5 Å². The Kier molecular flexibility index (Phi) is 5.28.